The summed E-state index contributed by atoms with van der Waals surface area (Å²) in [6.07, 6.45) is 14.0. The number of hydrogen-bond donors (Lipinski definition) is 2. The number of rotatable bonds is 4. The highest BCUT2D eigenvalue weighted by Crippen LogP contribution is 2.33. The Kier molecular flexibility index (Phi) is 6.94. The van der Waals surface area contributed by atoms with E-state index >= 15 is 0 Å². The molecule has 1 aliphatic heterocycles. The van der Waals surface area contributed by atoms with Crippen molar-refractivity contribution in [3.63, 3.8) is 0 Å². The standard InChI is InChI=1S/C18H31NO2/c1-14(2)7-3-4-8-15-9-5-6-10-16-11-18(15)19-21-13-17(16)12-20/h3,7-8,14,16-20H,4-6,9-13H2,1-2H3. The summed E-state index contributed by atoms with van der Waals surface area (Å²) in [5.41, 5.74) is 4.73. The van der Waals surface area contributed by atoms with Crippen LogP contribution in [0.15, 0.2) is 23.8 Å². The summed E-state index contributed by atoms with van der Waals surface area (Å²) >= 11 is 0. The fourth-order valence-corrected chi connectivity index (χ4v) is 3.44. The average molecular weight is 293 g/mol. The molecule has 2 aliphatic rings. The molecule has 2 bridgehead atoms. The van der Waals surface area contributed by atoms with E-state index in [2.05, 4.69) is 37.6 Å². The van der Waals surface area contributed by atoms with Crippen molar-refractivity contribution in [3.8, 4) is 0 Å². The molecule has 0 amide bonds. The van der Waals surface area contributed by atoms with E-state index in [-0.39, 0.29) is 6.61 Å². The molecule has 2 rings (SSSR count). The molecule has 21 heavy (non-hydrogen) atoms. The van der Waals surface area contributed by atoms with Gasteiger partial charge in [0.2, 0.25) is 0 Å². The Hall–Kier alpha value is -0.640. The van der Waals surface area contributed by atoms with Gasteiger partial charge in [0, 0.05) is 12.5 Å². The summed E-state index contributed by atoms with van der Waals surface area (Å²) in [5.74, 6) is 1.50. The van der Waals surface area contributed by atoms with E-state index in [1.54, 1.807) is 0 Å². The summed E-state index contributed by atoms with van der Waals surface area (Å²) in [5, 5.41) is 9.55. The molecular weight excluding hydrogens is 262 g/mol. The maximum atomic E-state index is 9.55. The Bertz CT molecular complexity index is 362. The molecule has 0 aromatic rings. The number of nitrogens with one attached hydrogen (secondary N) is 1. The van der Waals surface area contributed by atoms with Crippen LogP contribution in [0.4, 0.5) is 0 Å². The molecule has 1 saturated heterocycles. The van der Waals surface area contributed by atoms with E-state index in [0.717, 1.165) is 12.8 Å². The number of aliphatic hydroxyl groups is 1. The molecular formula is C18H31NO2. The van der Waals surface area contributed by atoms with Crippen molar-refractivity contribution < 1.29 is 9.94 Å². The van der Waals surface area contributed by atoms with Gasteiger partial charge in [-0.2, -0.15) is 5.48 Å². The third kappa shape index (κ3) is 5.24. The average Bonchev–Trinajstić information content (AvgIpc) is 2.66. The molecule has 3 heteroatoms. The van der Waals surface area contributed by atoms with Gasteiger partial charge in [0.05, 0.1) is 12.6 Å². The summed E-state index contributed by atoms with van der Waals surface area (Å²) in [7, 11) is 0. The Labute approximate surface area is 129 Å². The molecule has 1 saturated carbocycles. The summed E-state index contributed by atoms with van der Waals surface area (Å²) in [4.78, 5) is 5.63. The lowest BCUT2D eigenvalue weighted by molar-refractivity contribution is 0.00370. The van der Waals surface area contributed by atoms with Gasteiger partial charge < -0.3 is 9.94 Å². The van der Waals surface area contributed by atoms with Crippen molar-refractivity contribution in [1.82, 2.24) is 5.48 Å². The van der Waals surface area contributed by atoms with Gasteiger partial charge >= 0.3 is 0 Å². The molecule has 0 aromatic heterocycles. The molecule has 3 unspecified atom stereocenters. The first kappa shape index (κ1) is 16.7. The molecule has 0 radical (unpaired) electrons. The van der Waals surface area contributed by atoms with E-state index in [9.17, 15) is 5.11 Å². The van der Waals surface area contributed by atoms with Gasteiger partial charge in [-0.3, -0.25) is 0 Å². The molecule has 3 nitrogen and oxygen atoms in total. The van der Waals surface area contributed by atoms with Crippen molar-refractivity contribution in [1.29, 1.82) is 0 Å². The van der Waals surface area contributed by atoms with Gasteiger partial charge in [-0.1, -0.05) is 44.1 Å². The number of aliphatic hydroxyl groups excluding tert-OH is 1. The molecule has 1 aliphatic carbocycles. The second kappa shape index (κ2) is 8.72. The molecule has 2 fully saturated rings. The van der Waals surface area contributed by atoms with Gasteiger partial charge in [-0.25, -0.2) is 0 Å². The van der Waals surface area contributed by atoms with Crippen molar-refractivity contribution in [2.24, 2.45) is 17.8 Å². The van der Waals surface area contributed by atoms with Gasteiger partial charge in [0.15, 0.2) is 0 Å². The van der Waals surface area contributed by atoms with Crippen LogP contribution in [0.1, 0.15) is 52.4 Å². The Balaban J connectivity index is 2.02. The Morgan fingerprint density at radius 3 is 3.00 bits per heavy atom. The molecule has 1 heterocycles. The zero-order chi connectivity index (χ0) is 15.1. The zero-order valence-electron chi connectivity index (χ0n) is 13.6. The second-order valence-corrected chi connectivity index (χ2v) is 6.85. The van der Waals surface area contributed by atoms with Gasteiger partial charge in [-0.05, 0) is 43.9 Å². The first-order valence-corrected chi connectivity index (χ1v) is 8.54. The van der Waals surface area contributed by atoms with E-state index in [1.807, 2.05) is 0 Å². The number of hydrogen-bond acceptors (Lipinski definition) is 3. The Morgan fingerprint density at radius 1 is 1.38 bits per heavy atom. The van der Waals surface area contributed by atoms with Crippen LogP contribution in [0.2, 0.25) is 0 Å². The van der Waals surface area contributed by atoms with Crippen molar-refractivity contribution in [3.05, 3.63) is 23.8 Å². The third-order valence-electron chi connectivity index (χ3n) is 4.74. The first-order valence-electron chi connectivity index (χ1n) is 8.54. The number of hydroxylamine groups is 1. The molecule has 2 N–H and O–H groups in total. The summed E-state index contributed by atoms with van der Waals surface area (Å²) < 4.78 is 0. The number of allylic oxidation sites excluding steroid dienone is 3. The highest BCUT2D eigenvalue weighted by Gasteiger charge is 2.30. The maximum Gasteiger partial charge on any atom is 0.0735 e. The van der Waals surface area contributed by atoms with Crippen molar-refractivity contribution in [2.75, 3.05) is 13.2 Å². The Morgan fingerprint density at radius 2 is 2.24 bits per heavy atom. The van der Waals surface area contributed by atoms with Gasteiger partial charge in [0.25, 0.3) is 0 Å². The van der Waals surface area contributed by atoms with Crippen LogP contribution in [-0.2, 0) is 4.84 Å². The largest absolute Gasteiger partial charge is 0.396 e. The summed E-state index contributed by atoms with van der Waals surface area (Å²) in [6, 6.07) is 0.333. The molecule has 3 atom stereocenters. The normalized spacial score (nSPS) is 33.1. The highest BCUT2D eigenvalue weighted by atomic mass is 16.6. The van der Waals surface area contributed by atoms with Crippen molar-refractivity contribution >= 4 is 0 Å². The molecule has 0 spiro atoms. The highest BCUT2D eigenvalue weighted by molar-refractivity contribution is 5.14. The molecule has 0 aromatic carbocycles. The lowest BCUT2D eigenvalue weighted by Crippen LogP contribution is -2.31. The van der Waals surface area contributed by atoms with Crippen LogP contribution < -0.4 is 5.48 Å². The minimum Gasteiger partial charge on any atom is -0.396 e. The molecule has 120 valence electrons. The van der Waals surface area contributed by atoms with E-state index in [1.165, 1.54) is 31.3 Å². The third-order valence-corrected chi connectivity index (χ3v) is 4.74. The maximum absolute atomic E-state index is 9.55. The van der Waals surface area contributed by atoms with E-state index in [0.29, 0.717) is 30.4 Å². The fourth-order valence-electron chi connectivity index (χ4n) is 3.44. The van der Waals surface area contributed by atoms with Crippen LogP contribution in [0, 0.1) is 17.8 Å². The van der Waals surface area contributed by atoms with Crippen LogP contribution >= 0.6 is 0 Å². The predicted molar refractivity (Wildman–Crippen MR) is 86.7 cm³/mol. The minimum absolute atomic E-state index is 0.245. The van der Waals surface area contributed by atoms with Crippen LogP contribution in [0.5, 0.6) is 0 Å². The van der Waals surface area contributed by atoms with Crippen LogP contribution in [0.25, 0.3) is 0 Å². The topological polar surface area (TPSA) is 41.5 Å². The smallest absolute Gasteiger partial charge is 0.0735 e. The lowest BCUT2D eigenvalue weighted by Gasteiger charge is -2.28. The predicted octanol–water partition coefficient (Wildman–Crippen LogP) is 3.61. The quantitative estimate of drug-likeness (QED) is 0.778. The van der Waals surface area contributed by atoms with Crippen molar-refractivity contribution in [2.45, 2.75) is 58.4 Å². The first-order chi connectivity index (χ1) is 10.2. The zero-order valence-corrected chi connectivity index (χ0v) is 13.6. The van der Waals surface area contributed by atoms with Crippen LogP contribution in [-0.4, -0.2) is 24.4 Å². The monoisotopic (exact) mass is 293 g/mol. The van der Waals surface area contributed by atoms with E-state index < -0.39 is 0 Å². The lowest BCUT2D eigenvalue weighted by atomic mass is 9.79. The van der Waals surface area contributed by atoms with Crippen LogP contribution in [0.3, 0.4) is 0 Å². The van der Waals surface area contributed by atoms with E-state index in [4.69, 9.17) is 4.84 Å². The van der Waals surface area contributed by atoms with Gasteiger partial charge in [-0.15, -0.1) is 0 Å². The fraction of sp³-hybridized carbons (Fsp3) is 0.778. The number of fused-ring (bicyclic) bond motifs is 2. The van der Waals surface area contributed by atoms with Gasteiger partial charge in [0.1, 0.15) is 0 Å². The minimum atomic E-state index is 0.245. The second-order valence-electron chi connectivity index (χ2n) is 6.85. The summed E-state index contributed by atoms with van der Waals surface area (Å²) in [6.45, 7) is 5.30. The SMILES string of the molecule is CC(C)C=CCC=C1CCCCC2CC1NOCC2CO.